The smallest absolute Gasteiger partial charge is 0.313 e. The number of fused-ring (bicyclic) bond motifs is 6. The van der Waals surface area contributed by atoms with Crippen LogP contribution in [-0.2, 0) is 25.5 Å². The number of aromatic hydroxyl groups is 1. The van der Waals surface area contributed by atoms with Crippen LogP contribution in [-0.4, -0.2) is 113 Å². The van der Waals surface area contributed by atoms with Crippen molar-refractivity contribution >= 4 is 40.0 Å². The molecule has 5 rings (SSSR count). The Bertz CT molecular complexity index is 1470. The molecule has 12 nitrogen and oxygen atoms in total. The highest BCUT2D eigenvalue weighted by atomic mass is 27.1. The second-order valence-corrected chi connectivity index (χ2v) is 12.1. The molecule has 1 aromatic rings. The van der Waals surface area contributed by atoms with Crippen LogP contribution in [0, 0.1) is 6.92 Å². The van der Waals surface area contributed by atoms with Gasteiger partial charge < -0.3 is 29.5 Å². The molecule has 1 fully saturated rings. The first-order chi connectivity index (χ1) is 20.4. The monoisotopic (exact) mass is 607 g/mol. The minimum atomic E-state index is -0.849. The summed E-state index contributed by atoms with van der Waals surface area (Å²) in [6, 6.07) is -0.632. The van der Waals surface area contributed by atoms with Gasteiger partial charge >= 0.3 is 16.5 Å². The number of phenols is 1. The standard InChI is InChI=1S/C30H39N5O7.Al/c1-12-8-16-9-18-15(4)35-19(23(34(18)5)21(16)25(37)27(12)41-6)10-17-22(26(38)28(42-7)13(2)24(17)36)20(35)11-32-29(39)14(3)33-30(31)40;/h8,14-15,18-20,23H,9-11H2,1-7H3,(H5,31,32,33,37,39,40);/q;+1/p-1/t14-,15-,18-,19-,20-,23-;/m0./s1. The first-order valence-electron chi connectivity index (χ1n) is 14.4. The van der Waals surface area contributed by atoms with Gasteiger partial charge in [0.25, 0.3) is 6.03 Å². The summed E-state index contributed by atoms with van der Waals surface area (Å²) in [4.78, 5) is 57.1. The molecule has 228 valence electrons. The molecule has 1 aliphatic carbocycles. The van der Waals surface area contributed by atoms with E-state index in [0.29, 0.717) is 23.3 Å². The molecule has 4 aliphatic rings. The van der Waals surface area contributed by atoms with E-state index in [1.54, 1.807) is 13.8 Å². The zero-order valence-corrected chi connectivity index (χ0v) is 26.7. The Balaban J connectivity index is 1.62. The molecule has 6 atom stereocenters. The van der Waals surface area contributed by atoms with Crippen LogP contribution in [0.25, 0.3) is 0 Å². The molecule has 1 saturated heterocycles. The Labute approximate surface area is 259 Å². The SMILES string of the molecule is COC1=C(C)C(=O)C2=C(C1=O)[C@H](CNC(=O)[C@H](C)NC(=O)[NH][Al])N1[C@@H](C)[C@@H]3Cc4cc(C)c(OC)c(O)c4[C@H]([C@@H]1C2)N3C. The Morgan fingerprint density at radius 1 is 1.14 bits per heavy atom. The van der Waals surface area contributed by atoms with Crippen molar-refractivity contribution in [2.24, 2.45) is 0 Å². The highest BCUT2D eigenvalue weighted by Crippen LogP contribution is 2.53. The number of likely N-dealkylation sites (N-methyl/N-ethyl adjacent to an activating group) is 1. The van der Waals surface area contributed by atoms with Crippen LogP contribution in [0.3, 0.4) is 0 Å². The number of phenolic OH excluding ortho intramolecular Hbond substituents is 1. The van der Waals surface area contributed by atoms with Crippen molar-refractivity contribution in [3.05, 3.63) is 45.2 Å². The molecule has 13 heteroatoms. The first kappa shape index (κ1) is 31.1. The number of carbonyl (C=O) groups excluding carboxylic acids is 4. The summed E-state index contributed by atoms with van der Waals surface area (Å²) in [5.41, 5.74) is 3.63. The maximum absolute atomic E-state index is 13.9. The van der Waals surface area contributed by atoms with Gasteiger partial charge in [0.2, 0.25) is 11.7 Å². The summed E-state index contributed by atoms with van der Waals surface area (Å²) in [5, 5.41) is 17.0. The van der Waals surface area contributed by atoms with Crippen LogP contribution in [0.2, 0.25) is 0 Å². The Morgan fingerprint density at radius 2 is 1.84 bits per heavy atom. The number of amides is 3. The Kier molecular flexibility index (Phi) is 8.39. The number of hydrogen-bond acceptors (Lipinski definition) is 9. The Morgan fingerprint density at radius 3 is 2.47 bits per heavy atom. The maximum atomic E-state index is 13.9. The summed E-state index contributed by atoms with van der Waals surface area (Å²) in [6.07, 6.45) is 0.947. The van der Waals surface area contributed by atoms with Gasteiger partial charge in [-0.1, -0.05) is 6.07 Å². The molecular formula is C30H38AlN5O7. The fourth-order valence-electron chi connectivity index (χ4n) is 7.67. The van der Waals surface area contributed by atoms with Gasteiger partial charge in [-0.05, 0) is 58.7 Å². The predicted octanol–water partition coefficient (Wildman–Crippen LogP) is 0.708. The number of aryl methyl sites for hydroxylation is 1. The topological polar surface area (TPSA) is 150 Å². The number of urea groups is 1. The van der Waals surface area contributed by atoms with Crippen LogP contribution in [0.1, 0.15) is 49.9 Å². The first-order valence-corrected chi connectivity index (χ1v) is 15.0. The summed E-state index contributed by atoms with van der Waals surface area (Å²) in [7, 11) is 4.94. The van der Waals surface area contributed by atoms with Crippen molar-refractivity contribution in [3.8, 4) is 11.5 Å². The lowest BCUT2D eigenvalue weighted by Crippen LogP contribution is -2.71. The Hall–Kier alpha value is -3.37. The van der Waals surface area contributed by atoms with E-state index >= 15 is 0 Å². The quantitative estimate of drug-likeness (QED) is 0.271. The third kappa shape index (κ3) is 4.83. The van der Waals surface area contributed by atoms with Crippen molar-refractivity contribution in [1.82, 2.24) is 24.7 Å². The van der Waals surface area contributed by atoms with E-state index in [1.807, 2.05) is 14.0 Å². The molecule has 0 aromatic heterocycles. The van der Waals surface area contributed by atoms with Crippen molar-refractivity contribution < 1.29 is 33.8 Å². The second kappa shape index (κ2) is 11.6. The number of benzene rings is 1. The maximum Gasteiger partial charge on any atom is 0.313 e. The highest BCUT2D eigenvalue weighted by Gasteiger charge is 2.56. The molecule has 3 aliphatic heterocycles. The summed E-state index contributed by atoms with van der Waals surface area (Å²) in [6.45, 7) is 7.20. The van der Waals surface area contributed by atoms with Gasteiger partial charge in [0.15, 0.2) is 23.0 Å². The average Bonchev–Trinajstić information content (AvgIpc) is 2.97. The average molecular weight is 608 g/mol. The van der Waals surface area contributed by atoms with E-state index in [4.69, 9.17) is 9.47 Å². The van der Waals surface area contributed by atoms with Crippen molar-refractivity contribution in [2.45, 2.75) is 76.8 Å². The predicted molar refractivity (Wildman–Crippen MR) is 158 cm³/mol. The lowest BCUT2D eigenvalue weighted by Gasteiger charge is -2.61. The van der Waals surface area contributed by atoms with Gasteiger partial charge in [-0.2, -0.15) is 0 Å². The lowest BCUT2D eigenvalue weighted by atomic mass is 9.69. The molecule has 0 unspecified atom stereocenters. The number of hydrogen-bond donors (Lipinski definition) is 4. The van der Waals surface area contributed by atoms with Gasteiger partial charge in [0.1, 0.15) is 6.04 Å². The van der Waals surface area contributed by atoms with Gasteiger partial charge in [-0.25, -0.2) is 0 Å². The van der Waals surface area contributed by atoms with Crippen LogP contribution in [0.15, 0.2) is 28.5 Å². The molecular weight excluding hydrogens is 569 g/mol. The van der Waals surface area contributed by atoms with E-state index in [2.05, 4.69) is 54.2 Å². The van der Waals surface area contributed by atoms with Crippen LogP contribution < -0.4 is 19.7 Å². The fraction of sp³-hybridized carbons (Fsp3) is 0.533. The zero-order chi connectivity index (χ0) is 31.5. The van der Waals surface area contributed by atoms with Gasteiger partial charge in [0, 0.05) is 47.0 Å². The van der Waals surface area contributed by atoms with Crippen molar-refractivity contribution in [2.75, 3.05) is 27.8 Å². The number of methoxy groups -OCH3 is 2. The number of nitrogens with zero attached hydrogens (tertiary/aromatic N) is 2. The normalized spacial score (nSPS) is 27.6. The van der Waals surface area contributed by atoms with E-state index in [-0.39, 0.29) is 65.8 Å². The molecule has 43 heavy (non-hydrogen) atoms. The number of rotatable bonds is 6. The van der Waals surface area contributed by atoms with E-state index < -0.39 is 24.0 Å². The summed E-state index contributed by atoms with van der Waals surface area (Å²) < 4.78 is 13.3. The molecule has 2 radical (unpaired) electrons. The van der Waals surface area contributed by atoms with E-state index in [1.165, 1.54) is 14.2 Å². The molecule has 2 bridgehead atoms. The second-order valence-electron chi connectivity index (χ2n) is 11.8. The third-order valence-corrected chi connectivity index (χ3v) is 9.88. The zero-order valence-electron chi connectivity index (χ0n) is 25.5. The number of piperazine rings is 1. The largest absolute Gasteiger partial charge is 0.504 e. The third-order valence-electron chi connectivity index (χ3n) is 9.61. The lowest BCUT2D eigenvalue weighted by molar-refractivity contribution is -0.126. The molecule has 3 amide bonds. The van der Waals surface area contributed by atoms with E-state index in [9.17, 15) is 24.3 Å². The minimum Gasteiger partial charge on any atom is -0.504 e. The molecule has 3 heterocycles. The van der Waals surface area contributed by atoms with Gasteiger partial charge in [-0.15, -0.1) is 0 Å². The van der Waals surface area contributed by atoms with Crippen molar-refractivity contribution in [1.29, 1.82) is 0 Å². The molecule has 1 aromatic carbocycles. The highest BCUT2D eigenvalue weighted by molar-refractivity contribution is 6.25. The number of nitrogens with one attached hydrogen (secondary N) is 3. The number of carbonyl (C=O) groups is 4. The number of ether oxygens (including phenoxy) is 2. The van der Waals surface area contributed by atoms with Gasteiger partial charge in [0.05, 0.1) is 26.3 Å². The summed E-state index contributed by atoms with van der Waals surface area (Å²) >= 11 is 2.08. The molecule has 0 saturated carbocycles. The molecule has 4 N–H and O–H groups in total. The fourth-order valence-corrected chi connectivity index (χ4v) is 7.76. The van der Waals surface area contributed by atoms with Gasteiger partial charge in [-0.3, -0.25) is 29.0 Å². The number of allylic oxidation sites excluding steroid dienone is 2. The van der Waals surface area contributed by atoms with Crippen LogP contribution in [0.5, 0.6) is 11.5 Å². The number of ketones is 2. The minimum absolute atomic E-state index is 0.0101. The van der Waals surface area contributed by atoms with Crippen LogP contribution in [0.4, 0.5) is 4.79 Å². The number of Topliss-reactive ketones (excluding diaryl/α,β-unsaturated/α-hetero) is 2. The molecule has 0 spiro atoms. The van der Waals surface area contributed by atoms with Crippen molar-refractivity contribution in [3.63, 3.8) is 0 Å². The van der Waals surface area contributed by atoms with E-state index in [0.717, 1.165) is 16.7 Å². The van der Waals surface area contributed by atoms with Crippen LogP contribution >= 0.6 is 0 Å². The summed E-state index contributed by atoms with van der Waals surface area (Å²) in [5.74, 6) is -0.541.